The summed E-state index contributed by atoms with van der Waals surface area (Å²) in [5, 5.41) is 9.79. The van der Waals surface area contributed by atoms with Gasteiger partial charge in [0.15, 0.2) is 0 Å². The fourth-order valence-corrected chi connectivity index (χ4v) is 2.03. The zero-order valence-electron chi connectivity index (χ0n) is 9.14. The van der Waals surface area contributed by atoms with E-state index in [1.807, 2.05) is 37.3 Å². The average Bonchev–Trinajstić information content (AvgIpc) is 2.33. The molecule has 0 spiro atoms. The molecule has 0 atom stereocenters. The molecule has 2 rings (SSSR count). The summed E-state index contributed by atoms with van der Waals surface area (Å²) in [7, 11) is 0. The normalized spacial score (nSPS) is 10.4. The van der Waals surface area contributed by atoms with Gasteiger partial charge in [-0.15, -0.1) is 12.6 Å². The van der Waals surface area contributed by atoms with Gasteiger partial charge in [-0.1, -0.05) is 37.3 Å². The number of aryl methyl sites for hydroxylation is 1. The van der Waals surface area contributed by atoms with Crippen LogP contribution in [-0.4, -0.2) is 5.11 Å². The largest absolute Gasteiger partial charge is 0.507 e. The molecular weight excluding hydrogens is 216 g/mol. The van der Waals surface area contributed by atoms with Gasteiger partial charge in [-0.05, 0) is 35.2 Å². The summed E-state index contributed by atoms with van der Waals surface area (Å²) in [6.07, 6.45) is 0.806. The van der Waals surface area contributed by atoms with Crippen molar-refractivity contribution in [1.29, 1.82) is 0 Å². The highest BCUT2D eigenvalue weighted by atomic mass is 32.1. The second-order valence-corrected chi connectivity index (χ2v) is 4.20. The van der Waals surface area contributed by atoms with Crippen LogP contribution < -0.4 is 0 Å². The molecular formula is C14H14OS. The number of hydrogen-bond acceptors (Lipinski definition) is 2. The van der Waals surface area contributed by atoms with E-state index in [-0.39, 0.29) is 0 Å². The highest BCUT2D eigenvalue weighted by Crippen LogP contribution is 2.32. The van der Waals surface area contributed by atoms with Gasteiger partial charge in [0.1, 0.15) is 5.75 Å². The van der Waals surface area contributed by atoms with E-state index in [2.05, 4.69) is 24.8 Å². The third-order valence-electron chi connectivity index (χ3n) is 2.66. The molecule has 0 heterocycles. The minimum Gasteiger partial charge on any atom is -0.507 e. The Bertz CT molecular complexity index is 492. The maximum absolute atomic E-state index is 9.79. The third kappa shape index (κ3) is 2.07. The fourth-order valence-electron chi connectivity index (χ4n) is 1.74. The first-order valence-corrected chi connectivity index (χ1v) is 5.77. The van der Waals surface area contributed by atoms with E-state index in [4.69, 9.17) is 0 Å². The Morgan fingerprint density at radius 1 is 1.06 bits per heavy atom. The number of phenols is 1. The Labute approximate surface area is 101 Å². The van der Waals surface area contributed by atoms with Crippen LogP contribution in [0, 0.1) is 0 Å². The van der Waals surface area contributed by atoms with Gasteiger partial charge < -0.3 is 5.11 Å². The van der Waals surface area contributed by atoms with E-state index < -0.39 is 0 Å². The molecule has 0 unspecified atom stereocenters. The van der Waals surface area contributed by atoms with Gasteiger partial charge in [0.2, 0.25) is 0 Å². The van der Waals surface area contributed by atoms with E-state index in [0.29, 0.717) is 10.6 Å². The second kappa shape index (κ2) is 4.62. The summed E-state index contributed by atoms with van der Waals surface area (Å²) in [4.78, 5) is 0.637. The van der Waals surface area contributed by atoms with Crippen LogP contribution in [0.5, 0.6) is 5.75 Å². The van der Waals surface area contributed by atoms with Crippen LogP contribution in [0.2, 0.25) is 0 Å². The lowest BCUT2D eigenvalue weighted by Gasteiger charge is -2.09. The standard InChI is InChI=1S/C14H14OS/c1-2-10-8-12(9-13(16)14(10)15)11-6-4-3-5-7-11/h3-9,15-16H,2H2,1H3. The molecule has 16 heavy (non-hydrogen) atoms. The van der Waals surface area contributed by atoms with Crippen molar-refractivity contribution in [2.75, 3.05) is 0 Å². The van der Waals surface area contributed by atoms with Crippen LogP contribution in [0.4, 0.5) is 0 Å². The highest BCUT2D eigenvalue weighted by Gasteiger charge is 2.07. The van der Waals surface area contributed by atoms with E-state index in [1.54, 1.807) is 0 Å². The molecule has 0 bridgehead atoms. The van der Waals surface area contributed by atoms with Crippen LogP contribution in [0.3, 0.4) is 0 Å². The lowest BCUT2D eigenvalue weighted by atomic mass is 10.0. The Hall–Kier alpha value is -1.41. The molecule has 0 aromatic heterocycles. The predicted molar refractivity (Wildman–Crippen MR) is 70.2 cm³/mol. The van der Waals surface area contributed by atoms with Crippen molar-refractivity contribution in [3.8, 4) is 16.9 Å². The van der Waals surface area contributed by atoms with Crippen molar-refractivity contribution >= 4 is 12.6 Å². The molecule has 82 valence electrons. The first-order chi connectivity index (χ1) is 7.72. The number of rotatable bonds is 2. The monoisotopic (exact) mass is 230 g/mol. The number of phenolic OH excluding ortho intramolecular Hbond substituents is 1. The average molecular weight is 230 g/mol. The lowest BCUT2D eigenvalue weighted by molar-refractivity contribution is 0.456. The van der Waals surface area contributed by atoms with Crippen LogP contribution >= 0.6 is 12.6 Å². The quantitative estimate of drug-likeness (QED) is 0.749. The minimum atomic E-state index is 0.297. The Morgan fingerprint density at radius 2 is 1.75 bits per heavy atom. The van der Waals surface area contributed by atoms with Gasteiger partial charge in [-0.3, -0.25) is 0 Å². The molecule has 0 aliphatic heterocycles. The molecule has 2 aromatic carbocycles. The van der Waals surface area contributed by atoms with Gasteiger partial charge in [-0.2, -0.15) is 0 Å². The maximum Gasteiger partial charge on any atom is 0.132 e. The molecule has 0 aliphatic carbocycles. The van der Waals surface area contributed by atoms with Gasteiger partial charge >= 0.3 is 0 Å². The third-order valence-corrected chi connectivity index (χ3v) is 3.00. The molecule has 2 aromatic rings. The van der Waals surface area contributed by atoms with Gasteiger partial charge in [0.05, 0.1) is 0 Å². The summed E-state index contributed by atoms with van der Waals surface area (Å²) in [6, 6.07) is 14.0. The van der Waals surface area contributed by atoms with E-state index >= 15 is 0 Å². The van der Waals surface area contributed by atoms with Crippen molar-refractivity contribution in [3.05, 3.63) is 48.0 Å². The van der Waals surface area contributed by atoms with Crippen LogP contribution in [-0.2, 0) is 6.42 Å². The van der Waals surface area contributed by atoms with E-state index in [0.717, 1.165) is 23.1 Å². The SMILES string of the molecule is CCc1cc(-c2ccccc2)cc(S)c1O. The Balaban J connectivity index is 2.55. The Kier molecular flexibility index (Phi) is 3.20. The molecule has 0 radical (unpaired) electrons. The summed E-state index contributed by atoms with van der Waals surface area (Å²) in [6.45, 7) is 2.02. The van der Waals surface area contributed by atoms with Crippen molar-refractivity contribution in [2.45, 2.75) is 18.2 Å². The number of aromatic hydroxyl groups is 1. The fraction of sp³-hybridized carbons (Fsp3) is 0.143. The summed E-state index contributed by atoms with van der Waals surface area (Å²) in [5.41, 5.74) is 3.18. The van der Waals surface area contributed by atoms with Crippen molar-refractivity contribution in [3.63, 3.8) is 0 Å². The molecule has 0 saturated carbocycles. The molecule has 0 amide bonds. The number of hydrogen-bond donors (Lipinski definition) is 2. The predicted octanol–water partition coefficient (Wildman–Crippen LogP) is 3.91. The molecule has 1 N–H and O–H groups in total. The summed E-state index contributed by atoms with van der Waals surface area (Å²) in [5.74, 6) is 0.297. The lowest BCUT2D eigenvalue weighted by Crippen LogP contribution is -1.86. The zero-order chi connectivity index (χ0) is 11.5. The second-order valence-electron chi connectivity index (χ2n) is 3.72. The Morgan fingerprint density at radius 3 is 2.38 bits per heavy atom. The smallest absolute Gasteiger partial charge is 0.132 e. The molecule has 0 saturated heterocycles. The van der Waals surface area contributed by atoms with Crippen molar-refractivity contribution in [2.24, 2.45) is 0 Å². The highest BCUT2D eigenvalue weighted by molar-refractivity contribution is 7.80. The molecule has 0 aliphatic rings. The van der Waals surface area contributed by atoms with Gasteiger partial charge in [0, 0.05) is 4.90 Å². The van der Waals surface area contributed by atoms with Crippen LogP contribution in [0.25, 0.3) is 11.1 Å². The molecule has 2 heteroatoms. The first-order valence-electron chi connectivity index (χ1n) is 5.32. The van der Waals surface area contributed by atoms with Crippen LogP contribution in [0.1, 0.15) is 12.5 Å². The summed E-state index contributed by atoms with van der Waals surface area (Å²) < 4.78 is 0. The topological polar surface area (TPSA) is 20.2 Å². The molecule has 1 nitrogen and oxygen atoms in total. The minimum absolute atomic E-state index is 0.297. The number of thiol groups is 1. The van der Waals surface area contributed by atoms with Crippen molar-refractivity contribution in [1.82, 2.24) is 0 Å². The van der Waals surface area contributed by atoms with E-state index in [1.165, 1.54) is 0 Å². The van der Waals surface area contributed by atoms with E-state index in [9.17, 15) is 5.11 Å². The first kappa shape index (κ1) is 11.1. The van der Waals surface area contributed by atoms with Gasteiger partial charge in [-0.25, -0.2) is 0 Å². The van der Waals surface area contributed by atoms with Crippen molar-refractivity contribution < 1.29 is 5.11 Å². The maximum atomic E-state index is 9.79. The summed E-state index contributed by atoms with van der Waals surface area (Å²) >= 11 is 4.29. The molecule has 0 fully saturated rings. The number of benzene rings is 2. The zero-order valence-corrected chi connectivity index (χ0v) is 10.0. The van der Waals surface area contributed by atoms with Gasteiger partial charge in [0.25, 0.3) is 0 Å². The van der Waals surface area contributed by atoms with Crippen LogP contribution in [0.15, 0.2) is 47.4 Å².